The van der Waals surface area contributed by atoms with E-state index in [9.17, 15) is 9.59 Å². The number of nitrogens with one attached hydrogen (secondary N) is 1. The lowest BCUT2D eigenvalue weighted by Crippen LogP contribution is -2.34. The van der Waals surface area contributed by atoms with Crippen molar-refractivity contribution in [1.82, 2.24) is 15.0 Å². The number of carbonyl (C=O) groups excluding carboxylic acids is 1. The number of ether oxygens (including phenoxy) is 1. The van der Waals surface area contributed by atoms with Crippen LogP contribution in [0.1, 0.15) is 36.8 Å². The van der Waals surface area contributed by atoms with Crippen molar-refractivity contribution in [3.8, 4) is 5.75 Å². The van der Waals surface area contributed by atoms with Crippen molar-refractivity contribution in [1.29, 1.82) is 0 Å². The van der Waals surface area contributed by atoms with Crippen molar-refractivity contribution in [3.63, 3.8) is 0 Å². The predicted molar refractivity (Wildman–Crippen MR) is 109 cm³/mol. The quantitative estimate of drug-likeness (QED) is 0.729. The highest BCUT2D eigenvalue weighted by molar-refractivity contribution is 7.18. The van der Waals surface area contributed by atoms with Crippen molar-refractivity contribution >= 4 is 33.1 Å². The van der Waals surface area contributed by atoms with Gasteiger partial charge in [0.1, 0.15) is 11.8 Å². The summed E-state index contributed by atoms with van der Waals surface area (Å²) in [6, 6.07) is 6.24. The Morgan fingerprint density at radius 3 is 2.82 bits per heavy atom. The lowest BCUT2D eigenvalue weighted by molar-refractivity contribution is -0.119. The summed E-state index contributed by atoms with van der Waals surface area (Å²) in [6.45, 7) is 3.88. The molecule has 1 aliphatic carbocycles. The number of amides is 1. The summed E-state index contributed by atoms with van der Waals surface area (Å²) >= 11 is 1.55. The number of carbonyl (C=O) groups is 1. The van der Waals surface area contributed by atoms with Gasteiger partial charge < -0.3 is 10.1 Å². The van der Waals surface area contributed by atoms with Crippen LogP contribution in [-0.4, -0.2) is 28.0 Å². The standard InChI is InChI=1S/C20H22N4O3S/c1-11-4-9-15-16(10-11)28-19-17(15)20(26)24(23-22-19)12(2)18(25)21-13-5-7-14(27-3)8-6-13/h5-8,11-12H,4,9-10H2,1-3H3,(H,21,25)/t11-,12+/m1/s1. The van der Waals surface area contributed by atoms with Gasteiger partial charge in [0, 0.05) is 10.6 Å². The third kappa shape index (κ3) is 3.28. The number of nitrogens with zero attached hydrogens (tertiary/aromatic N) is 3. The number of thiophene rings is 1. The maximum absolute atomic E-state index is 13.1. The molecule has 2 heterocycles. The third-order valence-corrected chi connectivity index (χ3v) is 6.39. The molecule has 2 aromatic heterocycles. The largest absolute Gasteiger partial charge is 0.497 e. The Kier molecular flexibility index (Phi) is 4.89. The molecule has 1 aliphatic rings. The minimum atomic E-state index is -0.774. The number of benzene rings is 1. The normalized spacial score (nSPS) is 17.2. The van der Waals surface area contributed by atoms with Crippen molar-refractivity contribution in [2.24, 2.45) is 5.92 Å². The Balaban J connectivity index is 1.63. The molecule has 0 aliphatic heterocycles. The van der Waals surface area contributed by atoms with Gasteiger partial charge in [0.2, 0.25) is 5.91 Å². The molecule has 146 valence electrons. The van der Waals surface area contributed by atoms with Gasteiger partial charge in [-0.05, 0) is 61.9 Å². The Morgan fingerprint density at radius 1 is 1.36 bits per heavy atom. The van der Waals surface area contributed by atoms with Gasteiger partial charge in [0.15, 0.2) is 4.83 Å². The fourth-order valence-electron chi connectivity index (χ4n) is 3.56. The van der Waals surface area contributed by atoms with E-state index < -0.39 is 6.04 Å². The van der Waals surface area contributed by atoms with Crippen LogP contribution >= 0.6 is 11.3 Å². The molecule has 0 saturated carbocycles. The number of hydrogen-bond acceptors (Lipinski definition) is 6. The second kappa shape index (κ2) is 7.35. The number of fused-ring (bicyclic) bond motifs is 3. The minimum Gasteiger partial charge on any atom is -0.497 e. The zero-order valence-electron chi connectivity index (χ0n) is 16.1. The molecule has 28 heavy (non-hydrogen) atoms. The average molecular weight is 398 g/mol. The average Bonchev–Trinajstić information content (AvgIpc) is 3.06. The zero-order chi connectivity index (χ0) is 19.8. The summed E-state index contributed by atoms with van der Waals surface area (Å²) in [6.07, 6.45) is 2.92. The number of anilines is 1. The van der Waals surface area contributed by atoms with Gasteiger partial charge >= 0.3 is 0 Å². The molecule has 4 rings (SSSR count). The number of aryl methyl sites for hydroxylation is 1. The molecule has 0 fully saturated rings. The lowest BCUT2D eigenvalue weighted by atomic mass is 9.89. The summed E-state index contributed by atoms with van der Waals surface area (Å²) in [7, 11) is 1.58. The molecular weight excluding hydrogens is 376 g/mol. The maximum atomic E-state index is 13.1. The molecular formula is C20H22N4O3S. The van der Waals surface area contributed by atoms with Gasteiger partial charge in [-0.25, -0.2) is 0 Å². The van der Waals surface area contributed by atoms with Gasteiger partial charge in [-0.2, -0.15) is 4.68 Å². The second-order valence-corrected chi connectivity index (χ2v) is 8.35. The molecule has 1 N–H and O–H groups in total. The van der Waals surface area contributed by atoms with Crippen molar-refractivity contribution in [2.45, 2.75) is 39.2 Å². The van der Waals surface area contributed by atoms with Crippen LogP contribution in [0.15, 0.2) is 29.1 Å². The monoisotopic (exact) mass is 398 g/mol. The third-order valence-electron chi connectivity index (χ3n) is 5.25. The van der Waals surface area contributed by atoms with Crippen LogP contribution in [0.3, 0.4) is 0 Å². The van der Waals surface area contributed by atoms with E-state index in [1.54, 1.807) is 49.6 Å². The smallest absolute Gasteiger partial charge is 0.279 e. The summed E-state index contributed by atoms with van der Waals surface area (Å²) in [5.41, 5.74) is 1.48. The molecule has 0 radical (unpaired) electrons. The van der Waals surface area contributed by atoms with E-state index in [1.165, 1.54) is 9.56 Å². The first-order valence-corrected chi connectivity index (χ1v) is 10.1. The Morgan fingerprint density at radius 2 is 2.11 bits per heavy atom. The molecule has 0 spiro atoms. The van der Waals surface area contributed by atoms with E-state index in [0.717, 1.165) is 24.8 Å². The van der Waals surface area contributed by atoms with E-state index in [0.29, 0.717) is 27.6 Å². The molecule has 7 nitrogen and oxygen atoms in total. The lowest BCUT2D eigenvalue weighted by Gasteiger charge is -2.17. The zero-order valence-corrected chi connectivity index (χ0v) is 16.9. The first kappa shape index (κ1) is 18.6. The summed E-state index contributed by atoms with van der Waals surface area (Å²) in [5, 5.41) is 11.7. The molecule has 2 atom stereocenters. The van der Waals surface area contributed by atoms with Crippen LogP contribution in [-0.2, 0) is 17.6 Å². The fraction of sp³-hybridized carbons (Fsp3) is 0.400. The summed E-state index contributed by atoms with van der Waals surface area (Å²) in [4.78, 5) is 27.7. The van der Waals surface area contributed by atoms with Crippen molar-refractivity contribution in [2.75, 3.05) is 12.4 Å². The molecule has 1 amide bonds. The van der Waals surface area contributed by atoms with Crippen LogP contribution in [0.2, 0.25) is 0 Å². The fourth-order valence-corrected chi connectivity index (χ4v) is 4.88. The van der Waals surface area contributed by atoms with Crippen LogP contribution in [0.5, 0.6) is 5.75 Å². The van der Waals surface area contributed by atoms with Gasteiger partial charge in [0.25, 0.3) is 5.56 Å². The first-order chi connectivity index (χ1) is 13.5. The van der Waals surface area contributed by atoms with E-state index in [4.69, 9.17) is 4.74 Å². The van der Waals surface area contributed by atoms with E-state index in [-0.39, 0.29) is 11.5 Å². The number of aromatic nitrogens is 3. The molecule has 3 aromatic rings. The van der Waals surface area contributed by atoms with Crippen molar-refractivity contribution in [3.05, 3.63) is 45.1 Å². The molecule has 1 aromatic carbocycles. The van der Waals surface area contributed by atoms with Gasteiger partial charge in [-0.1, -0.05) is 12.1 Å². The highest BCUT2D eigenvalue weighted by Gasteiger charge is 2.26. The molecule has 0 bridgehead atoms. The summed E-state index contributed by atoms with van der Waals surface area (Å²) < 4.78 is 6.30. The minimum absolute atomic E-state index is 0.241. The predicted octanol–water partition coefficient (Wildman–Crippen LogP) is 3.19. The van der Waals surface area contributed by atoms with Crippen LogP contribution in [0.4, 0.5) is 5.69 Å². The molecule has 0 saturated heterocycles. The first-order valence-electron chi connectivity index (χ1n) is 9.32. The number of methoxy groups -OCH3 is 1. The van der Waals surface area contributed by atoms with E-state index in [1.807, 2.05) is 0 Å². The van der Waals surface area contributed by atoms with E-state index >= 15 is 0 Å². The van der Waals surface area contributed by atoms with Gasteiger partial charge in [0.05, 0.1) is 12.5 Å². The molecule has 8 heteroatoms. The SMILES string of the molecule is COc1ccc(NC(=O)[C@H](C)n2nnc3sc4c(c3c2=O)CC[C@@H](C)C4)cc1. The Labute approximate surface area is 166 Å². The summed E-state index contributed by atoms with van der Waals surface area (Å²) in [5.74, 6) is 0.999. The Hall–Kier alpha value is -2.74. The van der Waals surface area contributed by atoms with E-state index in [2.05, 4.69) is 22.6 Å². The Bertz CT molecular complexity index is 1090. The highest BCUT2D eigenvalue weighted by Crippen LogP contribution is 2.35. The van der Waals surface area contributed by atoms with Crippen molar-refractivity contribution < 1.29 is 9.53 Å². The van der Waals surface area contributed by atoms with Gasteiger partial charge in [-0.3, -0.25) is 9.59 Å². The van der Waals surface area contributed by atoms with Crippen LogP contribution in [0.25, 0.3) is 10.2 Å². The number of hydrogen-bond donors (Lipinski definition) is 1. The van der Waals surface area contributed by atoms with Crippen LogP contribution in [0, 0.1) is 5.92 Å². The second-order valence-electron chi connectivity index (χ2n) is 7.26. The topological polar surface area (TPSA) is 86.1 Å². The van der Waals surface area contributed by atoms with Crippen LogP contribution < -0.4 is 15.6 Å². The maximum Gasteiger partial charge on any atom is 0.279 e. The highest BCUT2D eigenvalue weighted by atomic mass is 32.1. The van der Waals surface area contributed by atoms with Gasteiger partial charge in [-0.15, -0.1) is 16.4 Å². The molecule has 0 unspecified atom stereocenters. The number of rotatable bonds is 4.